The SMILES string of the molecule is C=C[C@]1(C)C[C@@H](OC(=O)CSc2nc(N3CCOCC3)c3ccsc3n2)[C@]2(C)[C@H](C)CC[C@]3(CCC(=O)[C@H]32)[C@@H](C)[C@@H]1O. The lowest BCUT2D eigenvalue weighted by Gasteiger charge is -2.61. The van der Waals surface area contributed by atoms with Crippen LogP contribution in [0.15, 0.2) is 29.3 Å². The number of ether oxygens (including phenoxy) is 2. The maximum Gasteiger partial charge on any atom is 0.316 e. The van der Waals surface area contributed by atoms with Crippen LogP contribution < -0.4 is 4.90 Å². The number of fused-ring (bicyclic) bond motifs is 1. The van der Waals surface area contributed by atoms with Crippen molar-refractivity contribution in [3.63, 3.8) is 0 Å². The largest absolute Gasteiger partial charge is 0.461 e. The van der Waals surface area contributed by atoms with E-state index in [9.17, 15) is 14.7 Å². The van der Waals surface area contributed by atoms with Gasteiger partial charge in [0.1, 0.15) is 22.5 Å². The number of aliphatic hydroxyl groups excluding tert-OH is 1. The summed E-state index contributed by atoms with van der Waals surface area (Å²) in [6, 6.07) is 2.05. The molecule has 0 spiro atoms. The predicted octanol–water partition coefficient (Wildman–Crippen LogP) is 5.53. The first-order valence-electron chi connectivity index (χ1n) is 15.3. The molecule has 3 heterocycles. The van der Waals surface area contributed by atoms with Gasteiger partial charge in [-0.15, -0.1) is 17.9 Å². The van der Waals surface area contributed by atoms with Crippen molar-refractivity contribution in [1.82, 2.24) is 9.97 Å². The molecule has 2 aromatic rings. The van der Waals surface area contributed by atoms with Gasteiger partial charge in [-0.1, -0.05) is 45.5 Å². The van der Waals surface area contributed by atoms with Gasteiger partial charge in [0.2, 0.25) is 0 Å². The molecule has 0 amide bonds. The molecule has 2 bridgehead atoms. The summed E-state index contributed by atoms with van der Waals surface area (Å²) in [6.07, 6.45) is 4.23. The zero-order valence-electron chi connectivity index (χ0n) is 25.1. The second-order valence-corrected chi connectivity index (χ2v) is 15.3. The van der Waals surface area contributed by atoms with Crippen LogP contribution in [0.3, 0.4) is 0 Å². The number of morpholine rings is 1. The summed E-state index contributed by atoms with van der Waals surface area (Å²) in [4.78, 5) is 39.9. The van der Waals surface area contributed by atoms with Gasteiger partial charge in [-0.05, 0) is 54.4 Å². The number of aromatic nitrogens is 2. The Bertz CT molecular complexity index is 1380. The molecule has 4 fully saturated rings. The Morgan fingerprint density at radius 2 is 2.05 bits per heavy atom. The number of nitrogens with zero attached hydrogens (tertiary/aromatic N) is 3. The number of hydrogen-bond acceptors (Lipinski definition) is 10. The molecule has 3 saturated carbocycles. The van der Waals surface area contributed by atoms with Gasteiger partial charge in [-0.25, -0.2) is 9.97 Å². The lowest BCUT2D eigenvalue weighted by atomic mass is 9.44. The molecule has 0 aromatic carbocycles. The molecule has 1 N–H and O–H groups in total. The van der Waals surface area contributed by atoms with Crippen LogP contribution in [-0.4, -0.2) is 71.1 Å². The number of rotatable bonds is 6. The molecular formula is C32H43N3O5S2. The average Bonchev–Trinajstić information content (AvgIpc) is 3.61. The van der Waals surface area contributed by atoms with E-state index in [1.165, 1.54) is 11.8 Å². The monoisotopic (exact) mass is 613 g/mol. The molecule has 228 valence electrons. The Labute approximate surface area is 256 Å². The summed E-state index contributed by atoms with van der Waals surface area (Å²) in [5.41, 5.74) is -1.47. The van der Waals surface area contributed by atoms with E-state index in [2.05, 4.69) is 32.3 Å². The Morgan fingerprint density at radius 1 is 1.29 bits per heavy atom. The number of thioether (sulfide) groups is 1. The second-order valence-electron chi connectivity index (χ2n) is 13.4. The number of carbonyl (C=O) groups excluding carboxylic acids is 2. The third-order valence-electron chi connectivity index (χ3n) is 11.5. The summed E-state index contributed by atoms with van der Waals surface area (Å²) < 4.78 is 11.9. The fraction of sp³-hybridized carbons (Fsp3) is 0.688. The highest BCUT2D eigenvalue weighted by molar-refractivity contribution is 7.99. The number of carbonyl (C=O) groups is 2. The first-order valence-corrected chi connectivity index (χ1v) is 17.1. The number of thiophene rings is 1. The van der Waals surface area contributed by atoms with Crippen LogP contribution >= 0.6 is 23.1 Å². The lowest BCUT2D eigenvalue weighted by Crippen LogP contribution is -2.63. The topological polar surface area (TPSA) is 102 Å². The summed E-state index contributed by atoms with van der Waals surface area (Å²) in [5, 5.41) is 15.3. The quantitative estimate of drug-likeness (QED) is 0.195. The highest BCUT2D eigenvalue weighted by atomic mass is 32.2. The van der Waals surface area contributed by atoms with Crippen molar-refractivity contribution in [2.45, 2.75) is 77.2 Å². The van der Waals surface area contributed by atoms with Crippen LogP contribution in [0.2, 0.25) is 0 Å². The molecule has 42 heavy (non-hydrogen) atoms. The summed E-state index contributed by atoms with van der Waals surface area (Å²) >= 11 is 2.85. The van der Waals surface area contributed by atoms with Gasteiger partial charge in [-0.3, -0.25) is 9.59 Å². The molecular weight excluding hydrogens is 571 g/mol. The molecule has 0 radical (unpaired) electrons. The molecule has 8 atom stereocenters. The zero-order valence-corrected chi connectivity index (χ0v) is 26.8. The molecule has 10 heteroatoms. The number of ketones is 1. The van der Waals surface area contributed by atoms with E-state index < -0.39 is 23.0 Å². The van der Waals surface area contributed by atoms with Gasteiger partial charge in [0.05, 0.1) is 30.5 Å². The highest BCUT2D eigenvalue weighted by Gasteiger charge is 2.68. The number of anilines is 1. The third kappa shape index (κ3) is 4.72. The van der Waals surface area contributed by atoms with Crippen LogP contribution in [-0.2, 0) is 19.1 Å². The lowest BCUT2D eigenvalue weighted by molar-refractivity contribution is -0.205. The van der Waals surface area contributed by atoms with E-state index in [0.29, 0.717) is 31.2 Å². The van der Waals surface area contributed by atoms with Gasteiger partial charge < -0.3 is 19.5 Å². The minimum atomic E-state index is -0.679. The fourth-order valence-corrected chi connectivity index (χ4v) is 10.2. The fourth-order valence-electron chi connectivity index (χ4n) is 8.72. The Morgan fingerprint density at radius 3 is 2.79 bits per heavy atom. The summed E-state index contributed by atoms with van der Waals surface area (Å²) in [5.74, 6) is 0.755. The average molecular weight is 614 g/mol. The van der Waals surface area contributed by atoms with Gasteiger partial charge in [0, 0.05) is 36.3 Å². The van der Waals surface area contributed by atoms with Crippen LogP contribution in [0.5, 0.6) is 0 Å². The molecule has 8 nitrogen and oxygen atoms in total. The van der Waals surface area contributed by atoms with Gasteiger partial charge in [0.25, 0.3) is 0 Å². The van der Waals surface area contributed by atoms with Crippen LogP contribution in [0, 0.1) is 34.0 Å². The molecule has 3 aliphatic carbocycles. The zero-order chi connectivity index (χ0) is 29.9. The molecule has 2 aromatic heterocycles. The Hall–Kier alpha value is -2.01. The Balaban J connectivity index is 1.27. The number of Topliss-reactive ketones (excluding diaryl/α,β-unsaturated/α-hetero) is 1. The van der Waals surface area contributed by atoms with Crippen molar-refractivity contribution in [3.05, 3.63) is 24.1 Å². The van der Waals surface area contributed by atoms with Crippen molar-refractivity contribution >= 4 is 50.9 Å². The smallest absolute Gasteiger partial charge is 0.316 e. The van der Waals surface area contributed by atoms with Crippen molar-refractivity contribution in [3.8, 4) is 0 Å². The summed E-state index contributed by atoms with van der Waals surface area (Å²) in [7, 11) is 0. The molecule has 4 aliphatic rings. The van der Waals surface area contributed by atoms with Gasteiger partial charge >= 0.3 is 5.97 Å². The first-order chi connectivity index (χ1) is 20.0. The van der Waals surface area contributed by atoms with Crippen LogP contribution in [0.25, 0.3) is 10.2 Å². The first kappa shape index (κ1) is 30.0. The molecule has 0 unspecified atom stereocenters. The molecule has 1 saturated heterocycles. The number of esters is 1. The van der Waals surface area contributed by atoms with Crippen LogP contribution in [0.1, 0.15) is 59.8 Å². The van der Waals surface area contributed by atoms with E-state index in [4.69, 9.17) is 19.4 Å². The number of hydrogen-bond donors (Lipinski definition) is 1. The number of aliphatic hydroxyl groups is 1. The van der Waals surface area contributed by atoms with Crippen molar-refractivity contribution < 1.29 is 24.2 Å². The minimum absolute atomic E-state index is 0.0547. The normalized spacial score (nSPS) is 38.5. The van der Waals surface area contributed by atoms with Crippen molar-refractivity contribution in [2.24, 2.45) is 34.0 Å². The second kappa shape index (κ2) is 11.2. The van der Waals surface area contributed by atoms with Gasteiger partial charge in [0.15, 0.2) is 5.16 Å². The highest BCUT2D eigenvalue weighted by Crippen LogP contribution is 2.68. The van der Waals surface area contributed by atoms with Crippen LogP contribution in [0.4, 0.5) is 5.82 Å². The van der Waals surface area contributed by atoms with E-state index in [-0.39, 0.29) is 40.7 Å². The van der Waals surface area contributed by atoms with E-state index in [1.54, 1.807) is 11.3 Å². The van der Waals surface area contributed by atoms with Crippen molar-refractivity contribution in [1.29, 1.82) is 0 Å². The van der Waals surface area contributed by atoms with E-state index >= 15 is 0 Å². The maximum atomic E-state index is 13.6. The molecule has 6 rings (SSSR count). The van der Waals surface area contributed by atoms with E-state index in [1.807, 2.05) is 24.4 Å². The predicted molar refractivity (Wildman–Crippen MR) is 166 cm³/mol. The maximum absolute atomic E-state index is 13.6. The minimum Gasteiger partial charge on any atom is -0.461 e. The summed E-state index contributed by atoms with van der Waals surface area (Å²) in [6.45, 7) is 15.5. The Kier molecular flexibility index (Phi) is 7.98. The van der Waals surface area contributed by atoms with Crippen molar-refractivity contribution in [2.75, 3.05) is 37.0 Å². The third-order valence-corrected chi connectivity index (χ3v) is 13.1. The molecule has 1 aliphatic heterocycles. The standard InChI is InChI=1S/C32H43N3O5S2/c1-6-30(4)17-23(31(5)19(2)7-10-32(20(3)26(30)38)11-8-22(36)25(31)32)40-24(37)18-42-29-33-27(35-12-14-39-15-13-35)21-9-16-41-28(21)34-29/h6,9,16,19-20,23,25-26,38H,1,7-8,10-15,17-18H2,2-5H3/t19-,20+,23-,25+,26+,30-,31+,32+/m1/s1. The van der Waals surface area contributed by atoms with E-state index in [0.717, 1.165) is 48.4 Å². The van der Waals surface area contributed by atoms with Gasteiger partial charge in [-0.2, -0.15) is 0 Å².